The molecule has 2 aromatic heterocycles. The molecule has 112 valence electrons. The normalized spacial score (nSPS) is 10.6. The third kappa shape index (κ3) is 3.40. The molecule has 0 aliphatic rings. The van der Waals surface area contributed by atoms with Gasteiger partial charge in [0.2, 0.25) is 5.91 Å². The first-order valence-electron chi connectivity index (χ1n) is 6.66. The van der Waals surface area contributed by atoms with Gasteiger partial charge in [-0.2, -0.15) is 0 Å². The van der Waals surface area contributed by atoms with Crippen LogP contribution < -0.4 is 5.32 Å². The second-order valence-electron chi connectivity index (χ2n) is 4.83. The zero-order valence-corrected chi connectivity index (χ0v) is 13.4. The Kier molecular flexibility index (Phi) is 4.31. The molecule has 0 aliphatic carbocycles. The van der Waals surface area contributed by atoms with Gasteiger partial charge < -0.3 is 5.32 Å². The van der Waals surface area contributed by atoms with Crippen LogP contribution in [-0.4, -0.2) is 10.9 Å². The maximum atomic E-state index is 13.6. The first-order chi connectivity index (χ1) is 10.6. The summed E-state index contributed by atoms with van der Waals surface area (Å²) in [5.41, 5.74) is 1.79. The van der Waals surface area contributed by atoms with Crippen molar-refractivity contribution in [1.82, 2.24) is 4.98 Å². The van der Waals surface area contributed by atoms with Gasteiger partial charge in [-0.1, -0.05) is 12.1 Å². The minimum atomic E-state index is -0.434. The molecule has 3 nitrogen and oxygen atoms in total. The smallest absolute Gasteiger partial charge is 0.230 e. The van der Waals surface area contributed by atoms with Crippen LogP contribution in [0.4, 0.5) is 10.1 Å². The Balaban J connectivity index is 1.68. The van der Waals surface area contributed by atoms with Crippen molar-refractivity contribution in [2.24, 2.45) is 0 Å². The largest absolute Gasteiger partial charge is 0.323 e. The molecule has 1 amide bonds. The fraction of sp³-hybridized carbons (Fsp3) is 0.125. The van der Waals surface area contributed by atoms with Crippen molar-refractivity contribution in [3.8, 4) is 9.88 Å². The van der Waals surface area contributed by atoms with Crippen molar-refractivity contribution >= 4 is 34.3 Å². The fourth-order valence-electron chi connectivity index (χ4n) is 2.00. The molecule has 0 saturated heterocycles. The predicted octanol–water partition coefficient (Wildman–Crippen LogP) is 4.50. The Morgan fingerprint density at radius 1 is 1.32 bits per heavy atom. The number of thiazole rings is 1. The van der Waals surface area contributed by atoms with Gasteiger partial charge in [-0.15, -0.1) is 22.7 Å². The van der Waals surface area contributed by atoms with Crippen molar-refractivity contribution < 1.29 is 9.18 Å². The van der Waals surface area contributed by atoms with Crippen LogP contribution >= 0.6 is 22.7 Å². The van der Waals surface area contributed by atoms with Gasteiger partial charge in [0.25, 0.3) is 0 Å². The van der Waals surface area contributed by atoms with Gasteiger partial charge in [0, 0.05) is 5.38 Å². The lowest BCUT2D eigenvalue weighted by molar-refractivity contribution is -0.115. The van der Waals surface area contributed by atoms with Crippen molar-refractivity contribution in [2.45, 2.75) is 13.3 Å². The van der Waals surface area contributed by atoms with E-state index in [0.29, 0.717) is 5.69 Å². The number of rotatable bonds is 4. The SMILES string of the molecule is Cc1ccc(F)c(NC(=O)Cc2csc(-c3cccs3)n2)c1. The number of carbonyl (C=O) groups excluding carboxylic acids is 1. The number of anilines is 1. The van der Waals surface area contributed by atoms with Crippen molar-refractivity contribution in [1.29, 1.82) is 0 Å². The van der Waals surface area contributed by atoms with Crippen LogP contribution in [0.5, 0.6) is 0 Å². The van der Waals surface area contributed by atoms with E-state index in [2.05, 4.69) is 10.3 Å². The number of hydrogen-bond acceptors (Lipinski definition) is 4. The molecule has 0 radical (unpaired) electrons. The summed E-state index contributed by atoms with van der Waals surface area (Å²) in [6.07, 6.45) is 0.134. The summed E-state index contributed by atoms with van der Waals surface area (Å²) in [4.78, 5) is 17.6. The average Bonchev–Trinajstić information content (AvgIpc) is 3.13. The maximum absolute atomic E-state index is 13.6. The lowest BCUT2D eigenvalue weighted by Gasteiger charge is -2.06. The third-order valence-corrected chi connectivity index (χ3v) is 4.95. The fourth-order valence-corrected chi connectivity index (χ4v) is 3.63. The lowest BCUT2D eigenvalue weighted by atomic mass is 10.2. The molecule has 2 heterocycles. The molecule has 22 heavy (non-hydrogen) atoms. The quantitative estimate of drug-likeness (QED) is 0.764. The number of aryl methyl sites for hydroxylation is 1. The molecular formula is C16H13FN2OS2. The second kappa shape index (κ2) is 6.37. The Hall–Kier alpha value is -2.05. The van der Waals surface area contributed by atoms with Crippen LogP contribution in [0, 0.1) is 12.7 Å². The van der Waals surface area contributed by atoms with Crippen molar-refractivity contribution in [3.63, 3.8) is 0 Å². The first-order valence-corrected chi connectivity index (χ1v) is 8.42. The highest BCUT2D eigenvalue weighted by atomic mass is 32.1. The van der Waals surface area contributed by atoms with E-state index in [-0.39, 0.29) is 18.0 Å². The minimum Gasteiger partial charge on any atom is -0.323 e. The van der Waals surface area contributed by atoms with Crippen molar-refractivity contribution in [3.05, 3.63) is 58.2 Å². The summed E-state index contributed by atoms with van der Waals surface area (Å²) in [6, 6.07) is 8.59. The molecule has 0 atom stereocenters. The summed E-state index contributed by atoms with van der Waals surface area (Å²) in [5, 5.41) is 7.35. The molecule has 0 bridgehead atoms. The summed E-state index contributed by atoms with van der Waals surface area (Å²) >= 11 is 3.12. The molecule has 3 rings (SSSR count). The Morgan fingerprint density at radius 3 is 2.95 bits per heavy atom. The minimum absolute atomic E-state index is 0.134. The number of nitrogens with one attached hydrogen (secondary N) is 1. The number of thiophene rings is 1. The van der Waals surface area contributed by atoms with E-state index in [4.69, 9.17) is 0 Å². The molecular weight excluding hydrogens is 319 g/mol. The van der Waals surface area contributed by atoms with E-state index in [1.807, 2.05) is 29.8 Å². The van der Waals surface area contributed by atoms with E-state index in [1.165, 1.54) is 17.4 Å². The van der Waals surface area contributed by atoms with E-state index >= 15 is 0 Å². The average molecular weight is 332 g/mol. The van der Waals surface area contributed by atoms with Gasteiger partial charge in [-0.25, -0.2) is 9.37 Å². The van der Waals surface area contributed by atoms with E-state index in [1.54, 1.807) is 23.5 Å². The number of halogens is 1. The van der Waals surface area contributed by atoms with Crippen LogP contribution in [-0.2, 0) is 11.2 Å². The van der Waals surface area contributed by atoms with Gasteiger partial charge in [0.1, 0.15) is 10.8 Å². The summed E-state index contributed by atoms with van der Waals surface area (Å²) in [7, 11) is 0. The van der Waals surface area contributed by atoms with Crippen LogP contribution in [0.25, 0.3) is 9.88 Å². The first kappa shape index (κ1) is 14.9. The number of aromatic nitrogens is 1. The molecule has 3 aromatic rings. The maximum Gasteiger partial charge on any atom is 0.230 e. The zero-order valence-electron chi connectivity index (χ0n) is 11.8. The van der Waals surface area contributed by atoms with E-state index in [9.17, 15) is 9.18 Å². The Labute approximate surface area is 135 Å². The molecule has 1 N–H and O–H groups in total. The van der Waals surface area contributed by atoms with Crippen LogP contribution in [0.2, 0.25) is 0 Å². The summed E-state index contributed by atoms with van der Waals surface area (Å²) in [5.74, 6) is -0.705. The van der Waals surface area contributed by atoms with Crippen LogP contribution in [0.1, 0.15) is 11.3 Å². The number of amides is 1. The highest BCUT2D eigenvalue weighted by Crippen LogP contribution is 2.28. The molecule has 0 saturated carbocycles. The predicted molar refractivity (Wildman–Crippen MR) is 88.9 cm³/mol. The number of carbonyl (C=O) groups is 1. The van der Waals surface area contributed by atoms with E-state index < -0.39 is 5.82 Å². The number of nitrogens with zero attached hydrogens (tertiary/aromatic N) is 1. The van der Waals surface area contributed by atoms with Gasteiger partial charge in [0.15, 0.2) is 0 Å². The van der Waals surface area contributed by atoms with Gasteiger partial charge in [-0.05, 0) is 36.1 Å². The topological polar surface area (TPSA) is 42.0 Å². The Bertz CT molecular complexity index is 796. The van der Waals surface area contributed by atoms with Gasteiger partial charge >= 0.3 is 0 Å². The summed E-state index contributed by atoms with van der Waals surface area (Å²) in [6.45, 7) is 1.85. The molecule has 0 aliphatic heterocycles. The highest BCUT2D eigenvalue weighted by molar-refractivity contribution is 7.20. The van der Waals surface area contributed by atoms with Gasteiger partial charge in [-0.3, -0.25) is 4.79 Å². The van der Waals surface area contributed by atoms with E-state index in [0.717, 1.165) is 15.4 Å². The highest BCUT2D eigenvalue weighted by Gasteiger charge is 2.11. The standard InChI is InChI=1S/C16H13FN2OS2/c1-10-4-5-12(17)13(7-10)19-15(20)8-11-9-22-16(18-11)14-3-2-6-21-14/h2-7,9H,8H2,1H3,(H,19,20). The summed E-state index contributed by atoms with van der Waals surface area (Å²) < 4.78 is 13.6. The molecule has 0 fully saturated rings. The molecule has 6 heteroatoms. The number of benzene rings is 1. The van der Waals surface area contributed by atoms with Crippen LogP contribution in [0.3, 0.4) is 0 Å². The third-order valence-electron chi connectivity index (χ3n) is 3.02. The molecule has 1 aromatic carbocycles. The Morgan fingerprint density at radius 2 is 2.18 bits per heavy atom. The second-order valence-corrected chi connectivity index (χ2v) is 6.64. The zero-order chi connectivity index (χ0) is 15.5. The number of hydrogen-bond donors (Lipinski definition) is 1. The lowest BCUT2D eigenvalue weighted by Crippen LogP contribution is -2.15. The molecule has 0 unspecified atom stereocenters. The molecule has 0 spiro atoms. The van der Waals surface area contributed by atoms with Crippen molar-refractivity contribution in [2.75, 3.05) is 5.32 Å². The van der Waals surface area contributed by atoms with Crippen LogP contribution in [0.15, 0.2) is 41.1 Å². The van der Waals surface area contributed by atoms with Gasteiger partial charge in [0.05, 0.1) is 22.7 Å². The monoisotopic (exact) mass is 332 g/mol.